The first-order valence-electron chi connectivity index (χ1n) is 5.31. The molecule has 0 aliphatic carbocycles. The van der Waals surface area contributed by atoms with Crippen molar-refractivity contribution in [3.8, 4) is 0 Å². The van der Waals surface area contributed by atoms with E-state index in [0.29, 0.717) is 12.4 Å². The average Bonchev–Trinajstić information content (AvgIpc) is 2.26. The van der Waals surface area contributed by atoms with Gasteiger partial charge in [0, 0.05) is 13.1 Å². The van der Waals surface area contributed by atoms with Crippen LogP contribution in [0.15, 0.2) is 10.8 Å². The quantitative estimate of drug-likeness (QED) is 0.745. The number of hydrogen-bond donors (Lipinski definition) is 3. The van der Waals surface area contributed by atoms with Gasteiger partial charge in [-0.1, -0.05) is 6.92 Å². The molecule has 0 saturated heterocycles. The first kappa shape index (κ1) is 13.2. The van der Waals surface area contributed by atoms with E-state index < -0.39 is 6.10 Å². The summed E-state index contributed by atoms with van der Waals surface area (Å²) < 4.78 is 0.795. The summed E-state index contributed by atoms with van der Waals surface area (Å²) in [5.41, 5.74) is 0. The minimum atomic E-state index is -0.408. The molecule has 5 nitrogen and oxygen atoms in total. The Hall–Kier alpha value is -0.880. The Labute approximate surface area is 104 Å². The predicted octanol–water partition coefficient (Wildman–Crippen LogP) is 1.85. The van der Waals surface area contributed by atoms with Crippen LogP contribution < -0.4 is 10.6 Å². The maximum atomic E-state index is 9.18. The summed E-state index contributed by atoms with van der Waals surface area (Å²) >= 11 is 3.43. The fraction of sp³-hybridized carbons (Fsp3) is 0.600. The molecule has 0 radical (unpaired) electrons. The van der Waals surface area contributed by atoms with E-state index in [1.54, 1.807) is 6.92 Å². The second kappa shape index (κ2) is 6.65. The maximum Gasteiger partial charge on any atom is 0.146 e. The van der Waals surface area contributed by atoms with Crippen LogP contribution in [0.1, 0.15) is 20.3 Å². The van der Waals surface area contributed by atoms with Crippen LogP contribution in [0.25, 0.3) is 0 Å². The van der Waals surface area contributed by atoms with Crippen molar-refractivity contribution in [3.05, 3.63) is 10.8 Å². The van der Waals surface area contributed by atoms with Crippen molar-refractivity contribution in [3.63, 3.8) is 0 Å². The zero-order valence-corrected chi connectivity index (χ0v) is 11.1. The van der Waals surface area contributed by atoms with Crippen LogP contribution in [-0.4, -0.2) is 34.3 Å². The molecule has 0 amide bonds. The van der Waals surface area contributed by atoms with Crippen molar-refractivity contribution in [1.29, 1.82) is 0 Å². The second-order valence-electron chi connectivity index (χ2n) is 3.54. The lowest BCUT2D eigenvalue weighted by molar-refractivity contribution is 0.208. The summed E-state index contributed by atoms with van der Waals surface area (Å²) in [4.78, 5) is 8.23. The number of halogens is 1. The molecule has 0 saturated carbocycles. The molecule has 0 aliphatic rings. The SMILES string of the molecule is CCCNc1ncnc(NCC(C)O)c1Br. The van der Waals surface area contributed by atoms with E-state index in [1.807, 2.05) is 0 Å². The number of rotatable bonds is 6. The molecule has 1 atom stereocenters. The molecule has 0 aromatic carbocycles. The van der Waals surface area contributed by atoms with Gasteiger partial charge in [0.05, 0.1) is 6.10 Å². The van der Waals surface area contributed by atoms with Crippen LogP contribution >= 0.6 is 15.9 Å². The van der Waals surface area contributed by atoms with Crippen molar-refractivity contribution in [2.75, 3.05) is 23.7 Å². The molecule has 90 valence electrons. The lowest BCUT2D eigenvalue weighted by Crippen LogP contribution is -2.17. The Balaban J connectivity index is 2.70. The van der Waals surface area contributed by atoms with Crippen molar-refractivity contribution >= 4 is 27.6 Å². The van der Waals surface area contributed by atoms with Crippen LogP contribution in [0.3, 0.4) is 0 Å². The number of aliphatic hydroxyl groups excluding tert-OH is 1. The van der Waals surface area contributed by atoms with Gasteiger partial charge in [0.25, 0.3) is 0 Å². The average molecular weight is 289 g/mol. The third-order valence-corrected chi connectivity index (χ3v) is 2.65. The van der Waals surface area contributed by atoms with Crippen LogP contribution in [0.2, 0.25) is 0 Å². The van der Waals surface area contributed by atoms with E-state index in [4.69, 9.17) is 0 Å². The number of nitrogens with one attached hydrogen (secondary N) is 2. The molecular formula is C10H17BrN4O. The van der Waals surface area contributed by atoms with Crippen molar-refractivity contribution in [2.45, 2.75) is 26.4 Å². The summed E-state index contributed by atoms with van der Waals surface area (Å²) in [6.45, 7) is 5.14. The predicted molar refractivity (Wildman–Crippen MR) is 68.7 cm³/mol. The van der Waals surface area contributed by atoms with E-state index >= 15 is 0 Å². The normalized spacial score (nSPS) is 12.2. The smallest absolute Gasteiger partial charge is 0.146 e. The highest BCUT2D eigenvalue weighted by Crippen LogP contribution is 2.26. The molecule has 16 heavy (non-hydrogen) atoms. The van der Waals surface area contributed by atoms with E-state index in [9.17, 15) is 5.11 Å². The van der Waals surface area contributed by atoms with E-state index in [2.05, 4.69) is 43.5 Å². The zero-order chi connectivity index (χ0) is 12.0. The maximum absolute atomic E-state index is 9.18. The number of aromatic nitrogens is 2. The van der Waals surface area contributed by atoms with E-state index in [1.165, 1.54) is 6.33 Å². The van der Waals surface area contributed by atoms with Gasteiger partial charge in [-0.2, -0.15) is 0 Å². The van der Waals surface area contributed by atoms with Crippen molar-refractivity contribution in [1.82, 2.24) is 9.97 Å². The highest BCUT2D eigenvalue weighted by molar-refractivity contribution is 9.10. The van der Waals surface area contributed by atoms with Gasteiger partial charge in [0.15, 0.2) is 0 Å². The highest BCUT2D eigenvalue weighted by Gasteiger charge is 2.08. The molecule has 6 heteroatoms. The molecule has 1 heterocycles. The minimum absolute atomic E-state index is 0.408. The Morgan fingerprint density at radius 3 is 2.56 bits per heavy atom. The first-order valence-corrected chi connectivity index (χ1v) is 6.10. The summed E-state index contributed by atoms with van der Waals surface area (Å²) in [6.07, 6.45) is 2.12. The minimum Gasteiger partial charge on any atom is -0.392 e. The lowest BCUT2D eigenvalue weighted by atomic mass is 10.4. The zero-order valence-electron chi connectivity index (χ0n) is 9.50. The van der Waals surface area contributed by atoms with Crippen LogP contribution in [0, 0.1) is 0 Å². The molecular weight excluding hydrogens is 272 g/mol. The van der Waals surface area contributed by atoms with Gasteiger partial charge in [-0.3, -0.25) is 0 Å². The summed E-state index contributed by atoms with van der Waals surface area (Å²) in [5.74, 6) is 1.46. The van der Waals surface area contributed by atoms with Crippen LogP contribution in [0.5, 0.6) is 0 Å². The molecule has 1 aromatic heterocycles. The summed E-state index contributed by atoms with van der Waals surface area (Å²) in [6, 6.07) is 0. The first-order chi connectivity index (χ1) is 7.65. The Morgan fingerprint density at radius 1 is 1.38 bits per heavy atom. The van der Waals surface area contributed by atoms with Crippen LogP contribution in [0.4, 0.5) is 11.6 Å². The van der Waals surface area contributed by atoms with E-state index in [-0.39, 0.29) is 0 Å². The Morgan fingerprint density at radius 2 is 2.00 bits per heavy atom. The molecule has 3 N–H and O–H groups in total. The fourth-order valence-corrected chi connectivity index (χ4v) is 1.59. The topological polar surface area (TPSA) is 70.1 Å². The number of nitrogens with zero attached hydrogens (tertiary/aromatic N) is 2. The lowest BCUT2D eigenvalue weighted by Gasteiger charge is -2.12. The Bertz CT molecular complexity index is 333. The summed E-state index contributed by atoms with van der Waals surface area (Å²) in [7, 11) is 0. The fourth-order valence-electron chi connectivity index (χ4n) is 1.10. The molecule has 1 unspecified atom stereocenters. The number of aliphatic hydroxyl groups is 1. The third kappa shape index (κ3) is 3.94. The molecule has 1 rings (SSSR count). The molecule has 0 aliphatic heterocycles. The number of hydrogen-bond acceptors (Lipinski definition) is 5. The monoisotopic (exact) mass is 288 g/mol. The van der Waals surface area contributed by atoms with Crippen LogP contribution in [-0.2, 0) is 0 Å². The van der Waals surface area contributed by atoms with Gasteiger partial charge in [0.1, 0.15) is 22.4 Å². The molecule has 1 aromatic rings. The van der Waals surface area contributed by atoms with Gasteiger partial charge in [-0.15, -0.1) is 0 Å². The van der Waals surface area contributed by atoms with Gasteiger partial charge >= 0.3 is 0 Å². The summed E-state index contributed by atoms with van der Waals surface area (Å²) in [5, 5.41) is 15.4. The van der Waals surface area contributed by atoms with Gasteiger partial charge in [-0.05, 0) is 29.3 Å². The standard InChI is InChI=1S/C10H17BrN4O/c1-3-4-12-9-8(11)10(15-6-14-9)13-5-7(2)16/h6-7,16H,3-5H2,1-2H3,(H2,12,13,14,15). The van der Waals surface area contributed by atoms with Gasteiger partial charge < -0.3 is 15.7 Å². The number of anilines is 2. The highest BCUT2D eigenvalue weighted by atomic mass is 79.9. The molecule has 0 bridgehead atoms. The largest absolute Gasteiger partial charge is 0.392 e. The third-order valence-electron chi connectivity index (χ3n) is 1.90. The second-order valence-corrected chi connectivity index (χ2v) is 4.33. The van der Waals surface area contributed by atoms with Gasteiger partial charge in [-0.25, -0.2) is 9.97 Å². The van der Waals surface area contributed by atoms with Crippen molar-refractivity contribution in [2.24, 2.45) is 0 Å². The van der Waals surface area contributed by atoms with E-state index in [0.717, 1.165) is 23.3 Å². The van der Waals surface area contributed by atoms with Gasteiger partial charge in [0.2, 0.25) is 0 Å². The molecule has 0 spiro atoms. The van der Waals surface area contributed by atoms with Crippen molar-refractivity contribution < 1.29 is 5.11 Å². The Kier molecular flexibility index (Phi) is 5.48. The molecule has 0 fully saturated rings.